The zero-order valence-corrected chi connectivity index (χ0v) is 8.73. The number of halogens is 1. The molecule has 0 unspecified atom stereocenters. The fourth-order valence-corrected chi connectivity index (χ4v) is 2.15. The van der Waals surface area contributed by atoms with Crippen LogP contribution in [0.3, 0.4) is 0 Å². The topological polar surface area (TPSA) is 82.0 Å². The Bertz CT molecular complexity index is 291. The number of nitrogens with zero attached hydrogens (tertiary/aromatic N) is 1. The number of aliphatic hydroxyl groups is 2. The highest BCUT2D eigenvalue weighted by atomic mass is 19.1. The predicted molar refractivity (Wildman–Crippen MR) is 51.4 cm³/mol. The van der Waals surface area contributed by atoms with Gasteiger partial charge in [0.2, 0.25) is 5.72 Å². The van der Waals surface area contributed by atoms with Crippen LogP contribution in [-0.4, -0.2) is 65.4 Å². The Kier molecular flexibility index (Phi) is 3.00. The molecule has 3 atom stereocenters. The quantitative estimate of drug-likeness (QED) is 0.561. The van der Waals surface area contributed by atoms with Crippen LogP contribution in [0.25, 0.3) is 0 Å². The largest absolute Gasteiger partial charge is 0.393 e. The van der Waals surface area contributed by atoms with Crippen molar-refractivity contribution < 1.29 is 24.1 Å². The molecule has 2 amide bonds. The van der Waals surface area contributed by atoms with Gasteiger partial charge in [0.1, 0.15) is 6.10 Å². The first-order valence-electron chi connectivity index (χ1n) is 5.25. The number of amides is 2. The lowest BCUT2D eigenvalue weighted by Crippen LogP contribution is -2.66. The van der Waals surface area contributed by atoms with Crippen molar-refractivity contribution in [1.82, 2.24) is 10.2 Å². The molecule has 0 aromatic rings. The highest BCUT2D eigenvalue weighted by Gasteiger charge is 2.57. The highest BCUT2D eigenvalue weighted by molar-refractivity contribution is 5.75. The molecule has 92 valence electrons. The van der Waals surface area contributed by atoms with Gasteiger partial charge in [0.05, 0.1) is 13.2 Å². The SMILES string of the molecule is O=C1NCCCN1[C@@]1(O)[C@H](F)CO[C@H]1CO. The van der Waals surface area contributed by atoms with Crippen molar-refractivity contribution in [1.29, 1.82) is 0 Å². The summed E-state index contributed by atoms with van der Waals surface area (Å²) in [5, 5.41) is 21.8. The summed E-state index contributed by atoms with van der Waals surface area (Å²) in [6.45, 7) is -0.0815. The normalized spacial score (nSPS) is 39.9. The molecular formula is C9H15FN2O4. The number of carbonyl (C=O) groups excluding carboxylic acids is 1. The molecule has 2 aliphatic rings. The van der Waals surface area contributed by atoms with E-state index in [1.54, 1.807) is 0 Å². The first-order valence-corrected chi connectivity index (χ1v) is 5.25. The van der Waals surface area contributed by atoms with Crippen LogP contribution >= 0.6 is 0 Å². The predicted octanol–water partition coefficient (Wildman–Crippen LogP) is -1.18. The summed E-state index contributed by atoms with van der Waals surface area (Å²) in [5.74, 6) is 0. The average molecular weight is 234 g/mol. The monoisotopic (exact) mass is 234 g/mol. The number of alkyl halides is 1. The van der Waals surface area contributed by atoms with Crippen LogP contribution in [0.2, 0.25) is 0 Å². The lowest BCUT2D eigenvalue weighted by molar-refractivity contribution is -0.160. The molecule has 0 saturated carbocycles. The second-order valence-corrected chi connectivity index (χ2v) is 3.99. The fourth-order valence-electron chi connectivity index (χ4n) is 2.15. The van der Waals surface area contributed by atoms with Crippen LogP contribution in [0.15, 0.2) is 0 Å². The summed E-state index contributed by atoms with van der Waals surface area (Å²) in [7, 11) is 0. The molecule has 0 bridgehead atoms. The number of ether oxygens (including phenoxy) is 1. The number of rotatable bonds is 2. The standard InChI is InChI=1S/C9H15FN2O4/c10-6-5-16-7(4-13)9(6,15)12-3-1-2-11-8(12)14/h6-7,13,15H,1-5H2,(H,11,14)/t6-,7+,9-/m1/s1. The van der Waals surface area contributed by atoms with Gasteiger partial charge in [-0.15, -0.1) is 0 Å². The smallest absolute Gasteiger partial charge is 0.319 e. The Balaban J connectivity index is 2.23. The van der Waals surface area contributed by atoms with Gasteiger partial charge in [-0.2, -0.15) is 0 Å². The summed E-state index contributed by atoms with van der Waals surface area (Å²) < 4.78 is 18.6. The summed E-state index contributed by atoms with van der Waals surface area (Å²) in [5.41, 5.74) is -2.06. The molecule has 0 aromatic carbocycles. The zero-order chi connectivity index (χ0) is 11.8. The minimum atomic E-state index is -2.06. The number of urea groups is 1. The van der Waals surface area contributed by atoms with E-state index in [4.69, 9.17) is 9.84 Å². The van der Waals surface area contributed by atoms with Crippen molar-refractivity contribution in [2.24, 2.45) is 0 Å². The van der Waals surface area contributed by atoms with Gasteiger partial charge in [-0.3, -0.25) is 4.90 Å². The first-order chi connectivity index (χ1) is 7.60. The van der Waals surface area contributed by atoms with E-state index >= 15 is 0 Å². The van der Waals surface area contributed by atoms with Gasteiger partial charge >= 0.3 is 6.03 Å². The molecule has 2 aliphatic heterocycles. The minimum Gasteiger partial charge on any atom is -0.393 e. The van der Waals surface area contributed by atoms with Crippen LogP contribution in [0.5, 0.6) is 0 Å². The van der Waals surface area contributed by atoms with Crippen LogP contribution in [-0.2, 0) is 4.74 Å². The van der Waals surface area contributed by atoms with Crippen molar-refractivity contribution in [2.45, 2.75) is 24.4 Å². The molecule has 16 heavy (non-hydrogen) atoms. The molecule has 2 saturated heterocycles. The third kappa shape index (κ3) is 1.55. The van der Waals surface area contributed by atoms with Gasteiger partial charge in [-0.05, 0) is 6.42 Å². The molecule has 3 N–H and O–H groups in total. The molecule has 2 heterocycles. The maximum Gasteiger partial charge on any atom is 0.319 e. The van der Waals surface area contributed by atoms with Crippen molar-refractivity contribution >= 4 is 6.03 Å². The van der Waals surface area contributed by atoms with Crippen LogP contribution in [0.1, 0.15) is 6.42 Å². The minimum absolute atomic E-state index is 0.253. The Morgan fingerprint density at radius 3 is 3.06 bits per heavy atom. The second-order valence-electron chi connectivity index (χ2n) is 3.99. The van der Waals surface area contributed by atoms with E-state index in [0.717, 1.165) is 4.90 Å². The lowest BCUT2D eigenvalue weighted by Gasteiger charge is -2.42. The highest BCUT2D eigenvalue weighted by Crippen LogP contribution is 2.33. The first kappa shape index (κ1) is 11.6. The van der Waals surface area contributed by atoms with E-state index < -0.39 is 30.6 Å². The van der Waals surface area contributed by atoms with Crippen LogP contribution in [0.4, 0.5) is 9.18 Å². The molecule has 0 spiro atoms. The second kappa shape index (κ2) is 4.15. The number of aliphatic hydroxyl groups excluding tert-OH is 1. The maximum atomic E-state index is 13.7. The van der Waals surface area contributed by atoms with Gasteiger partial charge in [0.15, 0.2) is 6.17 Å². The van der Waals surface area contributed by atoms with Gasteiger partial charge in [0, 0.05) is 13.1 Å². The Morgan fingerprint density at radius 2 is 2.44 bits per heavy atom. The number of hydrogen-bond donors (Lipinski definition) is 3. The Hall–Kier alpha value is -0.920. The van der Waals surface area contributed by atoms with Crippen molar-refractivity contribution in [3.8, 4) is 0 Å². The molecule has 7 heteroatoms. The average Bonchev–Trinajstić information content (AvgIpc) is 2.57. The third-order valence-electron chi connectivity index (χ3n) is 3.06. The van der Waals surface area contributed by atoms with Gasteiger partial charge < -0.3 is 20.3 Å². The zero-order valence-electron chi connectivity index (χ0n) is 8.73. The molecule has 0 aromatic heterocycles. The Labute approximate surface area is 92.0 Å². The summed E-state index contributed by atoms with van der Waals surface area (Å²) in [6, 6.07) is -0.527. The maximum absolute atomic E-state index is 13.7. The van der Waals surface area contributed by atoms with Crippen LogP contribution < -0.4 is 5.32 Å². The fraction of sp³-hybridized carbons (Fsp3) is 0.889. The van der Waals surface area contributed by atoms with Gasteiger partial charge in [-0.1, -0.05) is 0 Å². The van der Waals surface area contributed by atoms with E-state index in [9.17, 15) is 14.3 Å². The van der Waals surface area contributed by atoms with E-state index in [1.807, 2.05) is 0 Å². The molecule has 6 nitrogen and oxygen atoms in total. The van der Waals surface area contributed by atoms with Crippen molar-refractivity contribution in [3.05, 3.63) is 0 Å². The third-order valence-corrected chi connectivity index (χ3v) is 3.06. The van der Waals surface area contributed by atoms with Crippen molar-refractivity contribution in [3.63, 3.8) is 0 Å². The van der Waals surface area contributed by atoms with Gasteiger partial charge in [-0.25, -0.2) is 9.18 Å². The number of hydrogen-bond acceptors (Lipinski definition) is 4. The summed E-state index contributed by atoms with van der Waals surface area (Å²) in [4.78, 5) is 12.6. The molecule has 2 fully saturated rings. The molecule has 0 radical (unpaired) electrons. The molecule has 0 aliphatic carbocycles. The number of nitrogens with one attached hydrogen (secondary N) is 1. The van der Waals surface area contributed by atoms with E-state index in [2.05, 4.69) is 5.32 Å². The van der Waals surface area contributed by atoms with E-state index in [1.165, 1.54) is 0 Å². The molecule has 2 rings (SSSR count). The molecular weight excluding hydrogens is 219 g/mol. The Morgan fingerprint density at radius 1 is 1.69 bits per heavy atom. The van der Waals surface area contributed by atoms with Crippen molar-refractivity contribution in [2.75, 3.05) is 26.3 Å². The number of carbonyl (C=O) groups is 1. The lowest BCUT2D eigenvalue weighted by atomic mass is 10.0. The van der Waals surface area contributed by atoms with E-state index in [-0.39, 0.29) is 13.2 Å². The summed E-state index contributed by atoms with van der Waals surface area (Å²) in [6.07, 6.45) is -2.17. The van der Waals surface area contributed by atoms with Gasteiger partial charge in [0.25, 0.3) is 0 Å². The van der Waals surface area contributed by atoms with E-state index in [0.29, 0.717) is 13.0 Å². The van der Waals surface area contributed by atoms with Crippen LogP contribution in [0, 0.1) is 0 Å². The summed E-state index contributed by atoms with van der Waals surface area (Å²) >= 11 is 0.